The van der Waals surface area contributed by atoms with Gasteiger partial charge in [0.1, 0.15) is 11.5 Å². The number of hydrogen-bond donors (Lipinski definition) is 1. The highest BCUT2D eigenvalue weighted by Gasteiger charge is 2.12. The van der Waals surface area contributed by atoms with Crippen LogP contribution in [0, 0.1) is 11.6 Å². The van der Waals surface area contributed by atoms with E-state index in [1.165, 1.54) is 12.1 Å². The van der Waals surface area contributed by atoms with Crippen molar-refractivity contribution in [3.05, 3.63) is 41.1 Å². The second-order valence-corrected chi connectivity index (χ2v) is 3.46. The van der Waals surface area contributed by atoms with E-state index in [0.29, 0.717) is 0 Å². The molecule has 0 bridgehead atoms. The van der Waals surface area contributed by atoms with Gasteiger partial charge in [-0.1, -0.05) is 11.6 Å². The zero-order valence-corrected chi connectivity index (χ0v) is 8.67. The van der Waals surface area contributed by atoms with Gasteiger partial charge in [-0.05, 0) is 18.2 Å². The van der Waals surface area contributed by atoms with E-state index in [4.69, 9.17) is 17.3 Å². The van der Waals surface area contributed by atoms with Gasteiger partial charge in [0, 0.05) is 5.56 Å². The fourth-order valence-corrected chi connectivity index (χ4v) is 1.46. The summed E-state index contributed by atoms with van der Waals surface area (Å²) in [6.07, 6.45) is 0.916. The smallest absolute Gasteiger partial charge is 0.220 e. The summed E-state index contributed by atoms with van der Waals surface area (Å²) in [6.45, 7) is 0. The Balaban J connectivity index is 2.66. The zero-order chi connectivity index (χ0) is 11.7. The average molecular weight is 242 g/mol. The van der Waals surface area contributed by atoms with E-state index in [1.807, 2.05) is 0 Å². The highest BCUT2D eigenvalue weighted by molar-refractivity contribution is 6.33. The molecule has 2 aromatic rings. The van der Waals surface area contributed by atoms with Crippen LogP contribution < -0.4 is 5.73 Å². The Kier molecular flexibility index (Phi) is 2.70. The van der Waals surface area contributed by atoms with Crippen molar-refractivity contribution in [2.24, 2.45) is 0 Å². The van der Waals surface area contributed by atoms with Crippen molar-refractivity contribution in [2.75, 3.05) is 5.73 Å². The highest BCUT2D eigenvalue weighted by Crippen LogP contribution is 2.28. The molecular weight excluding hydrogens is 236 g/mol. The Hall–Kier alpha value is -1.75. The second-order valence-electron chi connectivity index (χ2n) is 3.05. The Bertz CT molecular complexity index is 496. The van der Waals surface area contributed by atoms with Gasteiger partial charge in [-0.2, -0.15) is 0 Å². The molecule has 16 heavy (non-hydrogen) atoms. The third kappa shape index (κ3) is 1.94. The quantitative estimate of drug-likeness (QED) is 0.835. The molecule has 0 atom stereocenters. The summed E-state index contributed by atoms with van der Waals surface area (Å²) in [7, 11) is 0. The number of hydrogen-bond acceptors (Lipinski definition) is 3. The summed E-state index contributed by atoms with van der Waals surface area (Å²) in [5, 5.41) is 0.193. The Labute approximate surface area is 94.9 Å². The van der Waals surface area contributed by atoms with Gasteiger partial charge in [0.15, 0.2) is 5.82 Å². The monoisotopic (exact) mass is 241 g/mol. The molecule has 1 aromatic carbocycles. The van der Waals surface area contributed by atoms with Crippen LogP contribution >= 0.6 is 11.6 Å². The lowest BCUT2D eigenvalue weighted by Crippen LogP contribution is -1.99. The number of aromatic nitrogens is 2. The lowest BCUT2D eigenvalue weighted by Gasteiger charge is -2.05. The SMILES string of the molecule is Nc1ncc(F)c(-c2cc(F)ccc2Cl)n1. The van der Waals surface area contributed by atoms with Crippen LogP contribution in [-0.4, -0.2) is 9.97 Å². The Morgan fingerprint density at radius 2 is 2.00 bits per heavy atom. The maximum Gasteiger partial charge on any atom is 0.220 e. The van der Waals surface area contributed by atoms with Crippen LogP contribution in [0.1, 0.15) is 0 Å². The molecule has 3 nitrogen and oxygen atoms in total. The minimum absolute atomic E-state index is 0.100. The third-order valence-corrected chi connectivity index (χ3v) is 2.28. The minimum atomic E-state index is -0.707. The van der Waals surface area contributed by atoms with Gasteiger partial charge in [0.05, 0.1) is 11.2 Å². The topological polar surface area (TPSA) is 51.8 Å². The number of benzene rings is 1. The minimum Gasteiger partial charge on any atom is -0.368 e. The van der Waals surface area contributed by atoms with Crippen molar-refractivity contribution in [1.29, 1.82) is 0 Å². The predicted octanol–water partition coefficient (Wildman–Crippen LogP) is 2.66. The van der Waals surface area contributed by atoms with Crippen molar-refractivity contribution in [1.82, 2.24) is 9.97 Å². The van der Waals surface area contributed by atoms with Gasteiger partial charge >= 0.3 is 0 Å². The average Bonchev–Trinajstić information content (AvgIpc) is 2.25. The normalized spacial score (nSPS) is 10.4. The molecule has 0 unspecified atom stereocenters. The number of nitrogens with two attached hydrogens (primary N) is 1. The van der Waals surface area contributed by atoms with Crippen LogP contribution in [0.4, 0.5) is 14.7 Å². The summed E-state index contributed by atoms with van der Waals surface area (Å²) in [4.78, 5) is 7.16. The lowest BCUT2D eigenvalue weighted by atomic mass is 10.1. The number of anilines is 1. The number of rotatable bonds is 1. The van der Waals surface area contributed by atoms with E-state index in [-0.39, 0.29) is 22.2 Å². The van der Waals surface area contributed by atoms with E-state index in [2.05, 4.69) is 9.97 Å². The van der Waals surface area contributed by atoms with Gasteiger partial charge in [0.2, 0.25) is 5.95 Å². The molecule has 82 valence electrons. The summed E-state index contributed by atoms with van der Waals surface area (Å²) >= 11 is 5.82. The molecule has 0 saturated carbocycles. The van der Waals surface area contributed by atoms with Crippen molar-refractivity contribution < 1.29 is 8.78 Å². The number of nitrogens with zero attached hydrogens (tertiary/aromatic N) is 2. The molecule has 0 aliphatic rings. The second kappa shape index (κ2) is 4.02. The van der Waals surface area contributed by atoms with Crippen LogP contribution in [0.3, 0.4) is 0 Å². The third-order valence-electron chi connectivity index (χ3n) is 1.95. The molecule has 0 amide bonds. The lowest BCUT2D eigenvalue weighted by molar-refractivity contribution is 0.616. The van der Waals surface area contributed by atoms with E-state index in [1.54, 1.807) is 0 Å². The first-order chi connectivity index (χ1) is 7.58. The summed E-state index contributed by atoms with van der Waals surface area (Å²) < 4.78 is 26.4. The van der Waals surface area contributed by atoms with Gasteiger partial charge in [-0.15, -0.1) is 0 Å². The van der Waals surface area contributed by atoms with Gasteiger partial charge < -0.3 is 5.73 Å². The van der Waals surface area contributed by atoms with Crippen molar-refractivity contribution >= 4 is 17.5 Å². The van der Waals surface area contributed by atoms with Gasteiger partial charge in [-0.25, -0.2) is 18.7 Å². The summed E-state index contributed by atoms with van der Waals surface area (Å²) in [5.74, 6) is -1.34. The molecule has 1 heterocycles. The molecular formula is C10H6ClF2N3. The molecule has 2 rings (SSSR count). The van der Waals surface area contributed by atoms with Crippen molar-refractivity contribution in [3.8, 4) is 11.3 Å². The van der Waals surface area contributed by atoms with E-state index < -0.39 is 11.6 Å². The molecule has 0 aliphatic heterocycles. The van der Waals surface area contributed by atoms with Crippen LogP contribution in [0.5, 0.6) is 0 Å². The zero-order valence-electron chi connectivity index (χ0n) is 7.92. The molecule has 0 fully saturated rings. The van der Waals surface area contributed by atoms with Crippen LogP contribution in [0.15, 0.2) is 24.4 Å². The Morgan fingerprint density at radius 1 is 1.25 bits per heavy atom. The van der Waals surface area contributed by atoms with Crippen molar-refractivity contribution in [2.45, 2.75) is 0 Å². The first-order valence-electron chi connectivity index (χ1n) is 4.31. The van der Waals surface area contributed by atoms with E-state index in [9.17, 15) is 8.78 Å². The summed E-state index contributed by atoms with van der Waals surface area (Å²) in [6, 6.07) is 3.59. The molecule has 6 heteroatoms. The largest absolute Gasteiger partial charge is 0.368 e. The van der Waals surface area contributed by atoms with E-state index >= 15 is 0 Å². The van der Waals surface area contributed by atoms with Crippen LogP contribution in [0.2, 0.25) is 5.02 Å². The maximum atomic E-state index is 13.4. The number of halogens is 3. The first kappa shape index (κ1) is 10.8. The standard InChI is InChI=1S/C10H6ClF2N3/c11-7-2-1-5(12)3-6(7)9-8(13)4-15-10(14)16-9/h1-4H,(H2,14,15,16). The highest BCUT2D eigenvalue weighted by atomic mass is 35.5. The maximum absolute atomic E-state index is 13.4. The Morgan fingerprint density at radius 3 is 2.75 bits per heavy atom. The fourth-order valence-electron chi connectivity index (χ4n) is 1.25. The van der Waals surface area contributed by atoms with Crippen LogP contribution in [0.25, 0.3) is 11.3 Å². The molecule has 2 N–H and O–H groups in total. The predicted molar refractivity (Wildman–Crippen MR) is 56.8 cm³/mol. The molecule has 0 saturated heterocycles. The molecule has 0 aliphatic carbocycles. The first-order valence-corrected chi connectivity index (χ1v) is 4.69. The molecule has 1 aromatic heterocycles. The fraction of sp³-hybridized carbons (Fsp3) is 0. The molecule has 0 spiro atoms. The van der Waals surface area contributed by atoms with Crippen molar-refractivity contribution in [3.63, 3.8) is 0 Å². The van der Waals surface area contributed by atoms with Gasteiger partial charge in [-0.3, -0.25) is 0 Å². The number of nitrogen functional groups attached to an aromatic ring is 1. The van der Waals surface area contributed by atoms with E-state index in [0.717, 1.165) is 12.3 Å². The van der Waals surface area contributed by atoms with Crippen LogP contribution in [-0.2, 0) is 0 Å². The molecule has 0 radical (unpaired) electrons. The summed E-state index contributed by atoms with van der Waals surface area (Å²) in [5.41, 5.74) is 5.36. The van der Waals surface area contributed by atoms with Gasteiger partial charge in [0.25, 0.3) is 0 Å².